The summed E-state index contributed by atoms with van der Waals surface area (Å²) >= 11 is 0. The molecule has 1 unspecified atom stereocenters. The summed E-state index contributed by atoms with van der Waals surface area (Å²) in [5.41, 5.74) is 0.658. The standard InChI is InChI=1S/C15H23N3O3/c1-11(18-8-6-16-7-9-18)15(19)17-13-5-4-12(20-2)10-14(13)21-3/h4-5,10-11,16H,6-9H2,1-3H3,(H,17,19). The van der Waals surface area contributed by atoms with Crippen LogP contribution in [-0.2, 0) is 4.79 Å². The Hall–Kier alpha value is -1.79. The molecule has 2 rings (SSSR count). The lowest BCUT2D eigenvalue weighted by atomic mass is 10.2. The quantitative estimate of drug-likeness (QED) is 0.846. The lowest BCUT2D eigenvalue weighted by molar-refractivity contribution is -0.121. The SMILES string of the molecule is COc1ccc(NC(=O)C(C)N2CCNCC2)c(OC)c1. The lowest BCUT2D eigenvalue weighted by Crippen LogP contribution is -2.51. The molecular weight excluding hydrogens is 270 g/mol. The number of nitrogens with zero attached hydrogens (tertiary/aromatic N) is 1. The van der Waals surface area contributed by atoms with Crippen LogP contribution >= 0.6 is 0 Å². The molecule has 0 bridgehead atoms. The highest BCUT2D eigenvalue weighted by Crippen LogP contribution is 2.29. The largest absolute Gasteiger partial charge is 0.497 e. The van der Waals surface area contributed by atoms with Gasteiger partial charge in [0, 0.05) is 32.2 Å². The molecule has 1 amide bonds. The fourth-order valence-corrected chi connectivity index (χ4v) is 2.37. The molecule has 0 radical (unpaired) electrons. The molecule has 1 fully saturated rings. The molecular formula is C15H23N3O3. The van der Waals surface area contributed by atoms with Crippen molar-refractivity contribution in [2.24, 2.45) is 0 Å². The van der Waals surface area contributed by atoms with Gasteiger partial charge in [0.2, 0.25) is 5.91 Å². The minimum atomic E-state index is -0.168. The molecule has 6 heteroatoms. The van der Waals surface area contributed by atoms with E-state index in [1.807, 2.05) is 6.92 Å². The Labute approximate surface area is 125 Å². The summed E-state index contributed by atoms with van der Waals surface area (Å²) in [4.78, 5) is 14.5. The first-order valence-electron chi connectivity index (χ1n) is 7.13. The van der Waals surface area contributed by atoms with Crippen molar-refractivity contribution < 1.29 is 14.3 Å². The Morgan fingerprint density at radius 3 is 2.62 bits per heavy atom. The molecule has 1 aliphatic rings. The van der Waals surface area contributed by atoms with Crippen molar-refractivity contribution in [3.8, 4) is 11.5 Å². The molecule has 116 valence electrons. The molecule has 1 aromatic rings. The molecule has 1 aliphatic heterocycles. The van der Waals surface area contributed by atoms with Gasteiger partial charge in [-0.15, -0.1) is 0 Å². The van der Waals surface area contributed by atoms with E-state index in [1.54, 1.807) is 32.4 Å². The molecule has 2 N–H and O–H groups in total. The van der Waals surface area contributed by atoms with Crippen LogP contribution in [0.1, 0.15) is 6.92 Å². The third-order valence-electron chi connectivity index (χ3n) is 3.75. The molecule has 0 saturated carbocycles. The molecule has 6 nitrogen and oxygen atoms in total. The molecule has 21 heavy (non-hydrogen) atoms. The fraction of sp³-hybridized carbons (Fsp3) is 0.533. The van der Waals surface area contributed by atoms with Crippen LogP contribution in [0.15, 0.2) is 18.2 Å². The van der Waals surface area contributed by atoms with Crippen molar-refractivity contribution in [1.29, 1.82) is 0 Å². The summed E-state index contributed by atoms with van der Waals surface area (Å²) in [5.74, 6) is 1.26. The van der Waals surface area contributed by atoms with Crippen LogP contribution in [0.25, 0.3) is 0 Å². The van der Waals surface area contributed by atoms with E-state index in [4.69, 9.17) is 9.47 Å². The first-order valence-corrected chi connectivity index (χ1v) is 7.13. The van der Waals surface area contributed by atoms with Gasteiger partial charge in [-0.25, -0.2) is 0 Å². The maximum Gasteiger partial charge on any atom is 0.241 e. The van der Waals surface area contributed by atoms with Gasteiger partial charge in [0.25, 0.3) is 0 Å². The minimum Gasteiger partial charge on any atom is -0.497 e. The summed E-state index contributed by atoms with van der Waals surface area (Å²) < 4.78 is 10.4. The Morgan fingerprint density at radius 2 is 2.00 bits per heavy atom. The van der Waals surface area contributed by atoms with Crippen LogP contribution in [0, 0.1) is 0 Å². The second kappa shape index (κ2) is 7.28. The van der Waals surface area contributed by atoms with Crippen LogP contribution in [0.2, 0.25) is 0 Å². The topological polar surface area (TPSA) is 62.8 Å². The Balaban J connectivity index is 2.04. The van der Waals surface area contributed by atoms with Crippen LogP contribution in [0.4, 0.5) is 5.69 Å². The summed E-state index contributed by atoms with van der Waals surface area (Å²) in [5, 5.41) is 6.21. The van der Waals surface area contributed by atoms with Crippen molar-refractivity contribution in [1.82, 2.24) is 10.2 Å². The summed E-state index contributed by atoms with van der Waals surface area (Å²) in [7, 11) is 3.17. The molecule has 1 saturated heterocycles. The highest BCUT2D eigenvalue weighted by Gasteiger charge is 2.23. The maximum atomic E-state index is 12.4. The number of hydrogen-bond acceptors (Lipinski definition) is 5. The second-order valence-corrected chi connectivity index (χ2v) is 5.02. The zero-order valence-electron chi connectivity index (χ0n) is 12.8. The smallest absolute Gasteiger partial charge is 0.241 e. The van der Waals surface area contributed by atoms with Crippen LogP contribution in [-0.4, -0.2) is 57.2 Å². The number of carbonyl (C=O) groups excluding carboxylic acids is 1. The van der Waals surface area contributed by atoms with Gasteiger partial charge in [0.1, 0.15) is 11.5 Å². The van der Waals surface area contributed by atoms with E-state index in [0.717, 1.165) is 26.2 Å². The summed E-state index contributed by atoms with van der Waals surface area (Å²) in [6.45, 7) is 5.53. The summed E-state index contributed by atoms with van der Waals surface area (Å²) in [6.07, 6.45) is 0. The highest BCUT2D eigenvalue weighted by molar-refractivity contribution is 5.96. The third kappa shape index (κ3) is 3.86. The number of methoxy groups -OCH3 is 2. The number of piperazine rings is 1. The number of anilines is 1. The second-order valence-electron chi connectivity index (χ2n) is 5.02. The molecule has 0 aliphatic carbocycles. The van der Waals surface area contributed by atoms with E-state index in [0.29, 0.717) is 17.2 Å². The number of amides is 1. The molecule has 1 atom stereocenters. The first kappa shape index (κ1) is 15.6. The van der Waals surface area contributed by atoms with E-state index in [9.17, 15) is 4.79 Å². The van der Waals surface area contributed by atoms with Crippen LogP contribution in [0.5, 0.6) is 11.5 Å². The van der Waals surface area contributed by atoms with E-state index in [1.165, 1.54) is 0 Å². The maximum absolute atomic E-state index is 12.4. The molecule has 1 heterocycles. The van der Waals surface area contributed by atoms with Crippen molar-refractivity contribution >= 4 is 11.6 Å². The first-order chi connectivity index (χ1) is 10.2. The zero-order chi connectivity index (χ0) is 15.2. The number of carbonyl (C=O) groups is 1. The monoisotopic (exact) mass is 293 g/mol. The molecule has 1 aromatic carbocycles. The number of ether oxygens (including phenoxy) is 2. The Bertz CT molecular complexity index is 487. The third-order valence-corrected chi connectivity index (χ3v) is 3.75. The van der Waals surface area contributed by atoms with Crippen molar-refractivity contribution in [3.05, 3.63) is 18.2 Å². The van der Waals surface area contributed by atoms with Gasteiger partial charge in [-0.1, -0.05) is 0 Å². The number of rotatable bonds is 5. The van der Waals surface area contributed by atoms with E-state index in [2.05, 4.69) is 15.5 Å². The number of benzene rings is 1. The fourth-order valence-electron chi connectivity index (χ4n) is 2.37. The predicted octanol–water partition coefficient (Wildman–Crippen LogP) is 0.936. The van der Waals surface area contributed by atoms with Crippen molar-refractivity contribution in [2.75, 3.05) is 45.7 Å². The molecule has 0 aromatic heterocycles. The lowest BCUT2D eigenvalue weighted by Gasteiger charge is -2.31. The van der Waals surface area contributed by atoms with Gasteiger partial charge in [0.05, 0.1) is 25.9 Å². The normalized spacial score (nSPS) is 17.1. The molecule has 0 spiro atoms. The average molecular weight is 293 g/mol. The number of nitrogens with one attached hydrogen (secondary N) is 2. The van der Waals surface area contributed by atoms with E-state index >= 15 is 0 Å². The Morgan fingerprint density at radius 1 is 1.29 bits per heavy atom. The van der Waals surface area contributed by atoms with E-state index in [-0.39, 0.29) is 11.9 Å². The van der Waals surface area contributed by atoms with Gasteiger partial charge in [-0.3, -0.25) is 9.69 Å². The predicted molar refractivity (Wildman–Crippen MR) is 82.1 cm³/mol. The van der Waals surface area contributed by atoms with E-state index < -0.39 is 0 Å². The van der Waals surface area contributed by atoms with Gasteiger partial charge in [0.15, 0.2) is 0 Å². The van der Waals surface area contributed by atoms with Crippen LogP contribution < -0.4 is 20.1 Å². The summed E-state index contributed by atoms with van der Waals surface area (Å²) in [6, 6.07) is 5.18. The van der Waals surface area contributed by atoms with Crippen molar-refractivity contribution in [3.63, 3.8) is 0 Å². The van der Waals surface area contributed by atoms with Gasteiger partial charge >= 0.3 is 0 Å². The Kier molecular flexibility index (Phi) is 5.41. The van der Waals surface area contributed by atoms with Crippen LogP contribution in [0.3, 0.4) is 0 Å². The minimum absolute atomic E-state index is 0.0274. The number of hydrogen-bond donors (Lipinski definition) is 2. The van der Waals surface area contributed by atoms with Crippen molar-refractivity contribution in [2.45, 2.75) is 13.0 Å². The average Bonchev–Trinajstić information content (AvgIpc) is 2.55. The highest BCUT2D eigenvalue weighted by atomic mass is 16.5. The zero-order valence-corrected chi connectivity index (χ0v) is 12.8. The van der Waals surface area contributed by atoms with Gasteiger partial charge in [-0.2, -0.15) is 0 Å². The van der Waals surface area contributed by atoms with Gasteiger partial charge < -0.3 is 20.1 Å². The van der Waals surface area contributed by atoms with Gasteiger partial charge in [-0.05, 0) is 19.1 Å².